The first-order chi connectivity index (χ1) is 15.7. The molecule has 0 aliphatic carbocycles. The number of amides is 1. The Hall–Kier alpha value is -2.70. The lowest BCUT2D eigenvalue weighted by Crippen LogP contribution is -2.50. The van der Waals surface area contributed by atoms with Crippen LogP contribution in [0, 0.1) is 0 Å². The highest BCUT2D eigenvalue weighted by Crippen LogP contribution is 2.44. The first kappa shape index (κ1) is 19.9. The van der Waals surface area contributed by atoms with Gasteiger partial charge in [0, 0.05) is 45.6 Å². The minimum atomic E-state index is -0.770. The maximum atomic E-state index is 12.9. The van der Waals surface area contributed by atoms with Gasteiger partial charge in [-0.25, -0.2) is 0 Å². The Labute approximate surface area is 188 Å². The van der Waals surface area contributed by atoms with Gasteiger partial charge in [-0.2, -0.15) is 4.99 Å². The third-order valence-electron chi connectivity index (χ3n) is 7.64. The van der Waals surface area contributed by atoms with Gasteiger partial charge in [0.15, 0.2) is 5.60 Å². The third-order valence-corrected chi connectivity index (χ3v) is 7.64. The van der Waals surface area contributed by atoms with Gasteiger partial charge in [0.2, 0.25) is 0 Å². The fourth-order valence-corrected chi connectivity index (χ4v) is 5.65. The van der Waals surface area contributed by atoms with E-state index in [-0.39, 0.29) is 11.5 Å². The number of fused-ring (bicyclic) bond motifs is 2. The van der Waals surface area contributed by atoms with Crippen molar-refractivity contribution in [3.05, 3.63) is 71.3 Å². The van der Waals surface area contributed by atoms with E-state index in [1.807, 2.05) is 6.07 Å². The molecule has 6 nitrogen and oxygen atoms in total. The topological polar surface area (TPSA) is 54.4 Å². The summed E-state index contributed by atoms with van der Waals surface area (Å²) < 4.78 is 12.6. The van der Waals surface area contributed by atoms with Crippen LogP contribution in [0.25, 0.3) is 0 Å². The number of hydrogen-bond acceptors (Lipinski definition) is 5. The van der Waals surface area contributed by atoms with Crippen molar-refractivity contribution >= 4 is 11.9 Å². The summed E-state index contributed by atoms with van der Waals surface area (Å²) in [4.78, 5) is 21.8. The molecule has 4 aliphatic heterocycles. The zero-order valence-electron chi connectivity index (χ0n) is 18.3. The molecule has 0 bridgehead atoms. The van der Waals surface area contributed by atoms with Gasteiger partial charge in [-0.15, -0.1) is 0 Å². The molecule has 2 aromatic rings. The Kier molecular flexibility index (Phi) is 4.81. The summed E-state index contributed by atoms with van der Waals surface area (Å²) in [5.74, 6) is -0.102. The molecule has 32 heavy (non-hydrogen) atoms. The molecule has 2 fully saturated rings. The van der Waals surface area contributed by atoms with Crippen LogP contribution in [0.1, 0.15) is 42.4 Å². The van der Waals surface area contributed by atoms with Crippen molar-refractivity contribution in [3.63, 3.8) is 0 Å². The van der Waals surface area contributed by atoms with Crippen LogP contribution in [0.4, 0.5) is 0 Å². The zero-order valence-corrected chi connectivity index (χ0v) is 18.3. The van der Waals surface area contributed by atoms with Crippen LogP contribution in [0.5, 0.6) is 0 Å². The molecule has 0 radical (unpaired) electrons. The highest BCUT2D eigenvalue weighted by atomic mass is 16.5. The quantitative estimate of drug-likeness (QED) is 0.729. The summed E-state index contributed by atoms with van der Waals surface area (Å²) in [6.07, 6.45) is 3.16. The Morgan fingerprint density at radius 2 is 1.53 bits per heavy atom. The van der Waals surface area contributed by atoms with E-state index < -0.39 is 5.60 Å². The number of ether oxygens (including phenoxy) is 2. The number of carbonyl (C=O) groups excluding carboxylic acids is 1. The fourth-order valence-electron chi connectivity index (χ4n) is 5.65. The van der Waals surface area contributed by atoms with E-state index in [1.165, 1.54) is 16.7 Å². The molecule has 1 amide bonds. The highest BCUT2D eigenvalue weighted by Gasteiger charge is 2.51. The number of benzene rings is 2. The van der Waals surface area contributed by atoms with Gasteiger partial charge in [0.05, 0.1) is 12.2 Å². The lowest BCUT2D eigenvalue weighted by molar-refractivity contribution is -0.135. The van der Waals surface area contributed by atoms with E-state index in [4.69, 9.17) is 9.47 Å². The molecule has 2 saturated heterocycles. The summed E-state index contributed by atoms with van der Waals surface area (Å²) in [6.45, 7) is 4.87. The average Bonchev–Trinajstić information content (AvgIpc) is 3.35. The third kappa shape index (κ3) is 3.33. The van der Waals surface area contributed by atoms with Crippen molar-refractivity contribution in [2.24, 2.45) is 4.99 Å². The van der Waals surface area contributed by atoms with E-state index in [9.17, 15) is 4.79 Å². The smallest absolute Gasteiger partial charge is 0.296 e. The predicted octanol–water partition coefficient (Wildman–Crippen LogP) is 3.46. The average molecular weight is 432 g/mol. The van der Waals surface area contributed by atoms with E-state index >= 15 is 0 Å². The number of hydrogen-bond donors (Lipinski definition) is 0. The zero-order chi connectivity index (χ0) is 21.6. The number of nitrogens with zero attached hydrogens (tertiary/aromatic N) is 3. The molecule has 0 saturated carbocycles. The van der Waals surface area contributed by atoms with Crippen molar-refractivity contribution < 1.29 is 14.3 Å². The molecule has 166 valence electrons. The van der Waals surface area contributed by atoms with E-state index in [2.05, 4.69) is 63.3 Å². The van der Waals surface area contributed by atoms with E-state index in [0.717, 1.165) is 45.6 Å². The normalized spacial score (nSPS) is 23.9. The number of aliphatic imine (C=N–C) groups is 1. The largest absolute Gasteiger partial charge is 0.448 e. The van der Waals surface area contributed by atoms with Crippen LogP contribution in [0.2, 0.25) is 0 Å². The summed E-state index contributed by atoms with van der Waals surface area (Å²) in [5, 5.41) is 0. The van der Waals surface area contributed by atoms with Gasteiger partial charge in [0.1, 0.15) is 0 Å². The first-order valence-corrected chi connectivity index (χ1v) is 11.7. The molecule has 2 spiro atoms. The van der Waals surface area contributed by atoms with Gasteiger partial charge < -0.3 is 14.4 Å². The monoisotopic (exact) mass is 431 g/mol. The summed E-state index contributed by atoms with van der Waals surface area (Å²) >= 11 is 0. The van der Waals surface area contributed by atoms with Crippen molar-refractivity contribution in [3.8, 4) is 0 Å². The van der Waals surface area contributed by atoms with Crippen molar-refractivity contribution in [2.45, 2.75) is 50.0 Å². The first-order valence-electron chi connectivity index (χ1n) is 11.7. The van der Waals surface area contributed by atoms with Gasteiger partial charge in [-0.05, 0) is 29.5 Å². The molecule has 0 N–H and O–H groups in total. The number of piperidine rings is 2. The minimum Gasteiger partial charge on any atom is -0.448 e. The van der Waals surface area contributed by atoms with Gasteiger partial charge >= 0.3 is 0 Å². The molecule has 6 heteroatoms. The SMILES string of the molecule is O=C1N=C(N2CCC3(CC2)OCc2ccccc23)OC12CCN(Cc1ccccc1)CC2. The Balaban J connectivity index is 1.08. The molecule has 2 aromatic carbocycles. The summed E-state index contributed by atoms with van der Waals surface area (Å²) in [6, 6.07) is 19.5. The molecule has 6 rings (SSSR count). The highest BCUT2D eigenvalue weighted by molar-refractivity contribution is 6.01. The van der Waals surface area contributed by atoms with Crippen molar-refractivity contribution in [1.29, 1.82) is 0 Å². The van der Waals surface area contributed by atoms with Crippen LogP contribution < -0.4 is 0 Å². The summed E-state index contributed by atoms with van der Waals surface area (Å²) in [5.41, 5.74) is 2.96. The molecule has 0 aromatic heterocycles. The maximum absolute atomic E-state index is 12.9. The fraction of sp³-hybridized carbons (Fsp3) is 0.462. The van der Waals surface area contributed by atoms with Crippen LogP contribution in [0.15, 0.2) is 59.6 Å². The standard InChI is InChI=1S/C26H29N3O3/c30-23-26(10-14-28(15-11-26)18-20-6-2-1-3-7-20)32-24(27-23)29-16-12-25(13-17-29)22-9-5-4-8-21(22)19-31-25/h1-9H,10-19H2. The predicted molar refractivity (Wildman–Crippen MR) is 121 cm³/mol. The van der Waals surface area contributed by atoms with Crippen molar-refractivity contribution in [1.82, 2.24) is 9.80 Å². The van der Waals surface area contributed by atoms with E-state index in [0.29, 0.717) is 25.5 Å². The Morgan fingerprint density at radius 1 is 0.844 bits per heavy atom. The van der Waals surface area contributed by atoms with Crippen LogP contribution >= 0.6 is 0 Å². The number of rotatable bonds is 2. The van der Waals surface area contributed by atoms with Crippen LogP contribution in [-0.4, -0.2) is 53.5 Å². The molecule has 4 heterocycles. The molecular formula is C26H29N3O3. The number of likely N-dealkylation sites (tertiary alicyclic amines) is 2. The molecule has 4 aliphatic rings. The molecule has 0 unspecified atom stereocenters. The molecular weight excluding hydrogens is 402 g/mol. The second kappa shape index (κ2) is 7.71. The molecule has 0 atom stereocenters. The maximum Gasteiger partial charge on any atom is 0.296 e. The second-order valence-electron chi connectivity index (χ2n) is 9.48. The van der Waals surface area contributed by atoms with Crippen molar-refractivity contribution in [2.75, 3.05) is 26.2 Å². The lowest BCUT2D eigenvalue weighted by Gasteiger charge is -2.41. The summed E-state index contributed by atoms with van der Waals surface area (Å²) in [7, 11) is 0. The van der Waals surface area contributed by atoms with E-state index in [1.54, 1.807) is 0 Å². The van der Waals surface area contributed by atoms with Gasteiger partial charge in [-0.1, -0.05) is 54.6 Å². The van der Waals surface area contributed by atoms with Gasteiger partial charge in [-0.3, -0.25) is 9.69 Å². The Bertz CT molecular complexity index is 1040. The van der Waals surface area contributed by atoms with Crippen LogP contribution in [0.3, 0.4) is 0 Å². The number of amidine groups is 1. The number of carbonyl (C=O) groups is 1. The van der Waals surface area contributed by atoms with Gasteiger partial charge in [0.25, 0.3) is 11.9 Å². The second-order valence-corrected chi connectivity index (χ2v) is 9.48. The Morgan fingerprint density at radius 3 is 2.31 bits per heavy atom. The lowest BCUT2D eigenvalue weighted by atomic mass is 9.84. The van der Waals surface area contributed by atoms with Crippen LogP contribution in [-0.2, 0) is 33.0 Å². The minimum absolute atomic E-state index is 0.102.